The number of hydrogen-bond acceptors (Lipinski definition) is 2. The van der Waals surface area contributed by atoms with E-state index in [4.69, 9.17) is 0 Å². The van der Waals surface area contributed by atoms with Gasteiger partial charge in [-0.05, 0) is 48.3 Å². The van der Waals surface area contributed by atoms with Gasteiger partial charge in [0.2, 0.25) is 0 Å². The third kappa shape index (κ3) is 8.52. The summed E-state index contributed by atoms with van der Waals surface area (Å²) in [6, 6.07) is 3.79. The van der Waals surface area contributed by atoms with Gasteiger partial charge in [0.05, 0.1) is 0 Å². The zero-order valence-electron chi connectivity index (χ0n) is 20.2. The molecule has 0 bridgehead atoms. The van der Waals surface area contributed by atoms with Crippen molar-refractivity contribution in [2.24, 2.45) is 11.8 Å². The first kappa shape index (κ1) is 25.7. The molecule has 29 heavy (non-hydrogen) atoms. The van der Waals surface area contributed by atoms with Crippen LogP contribution in [0.5, 0.6) is 5.75 Å². The number of carbonyl (C=O) groups is 1. The van der Waals surface area contributed by atoms with Gasteiger partial charge in [-0.1, -0.05) is 92.6 Å². The number of ketones is 1. The number of unbranched alkanes of at least 4 members (excludes halogenated alkanes) is 6. The van der Waals surface area contributed by atoms with Crippen molar-refractivity contribution in [1.29, 1.82) is 0 Å². The maximum atomic E-state index is 13.0. The van der Waals surface area contributed by atoms with Gasteiger partial charge in [-0.2, -0.15) is 0 Å². The Kier molecular flexibility index (Phi) is 11.0. The molecule has 0 spiro atoms. The third-order valence-electron chi connectivity index (χ3n) is 6.28. The average molecular weight is 403 g/mol. The molecular formula is C27H46O2. The lowest BCUT2D eigenvalue weighted by atomic mass is 9.80. The van der Waals surface area contributed by atoms with E-state index in [1.54, 1.807) is 6.07 Å². The summed E-state index contributed by atoms with van der Waals surface area (Å²) in [6.45, 7) is 15.1. The van der Waals surface area contributed by atoms with E-state index in [2.05, 4.69) is 48.5 Å². The van der Waals surface area contributed by atoms with E-state index in [0.29, 0.717) is 23.9 Å². The van der Waals surface area contributed by atoms with Crippen molar-refractivity contribution in [3.63, 3.8) is 0 Å². The lowest BCUT2D eigenvalue weighted by molar-refractivity contribution is -0.124. The molecule has 0 radical (unpaired) electrons. The zero-order valence-corrected chi connectivity index (χ0v) is 20.2. The quantitative estimate of drug-likeness (QED) is 0.340. The first-order chi connectivity index (χ1) is 13.6. The molecule has 0 aliphatic heterocycles. The second-order valence-corrected chi connectivity index (χ2v) is 10.2. The number of phenolic OH excluding ortho intramolecular Hbond substituents is 1. The molecule has 1 atom stereocenters. The second-order valence-electron chi connectivity index (χ2n) is 10.2. The van der Waals surface area contributed by atoms with E-state index in [9.17, 15) is 9.90 Å². The molecule has 2 nitrogen and oxygen atoms in total. The zero-order chi connectivity index (χ0) is 22.0. The Balaban J connectivity index is 2.62. The van der Waals surface area contributed by atoms with Gasteiger partial charge in [-0.25, -0.2) is 0 Å². The topological polar surface area (TPSA) is 37.3 Å². The highest BCUT2D eigenvalue weighted by Gasteiger charge is 2.24. The van der Waals surface area contributed by atoms with Crippen LogP contribution in [-0.2, 0) is 16.6 Å². The van der Waals surface area contributed by atoms with E-state index in [1.165, 1.54) is 50.5 Å². The standard InChI is InChI=1S/C27H46O2/c1-8-9-10-11-12-13-14-15-23(20(2)3)24(28)18-16-22-17-19-25(29)26(21(22)4)27(5,6)7/h17,19-20,23,29H,8-16,18H2,1-7H3. The van der Waals surface area contributed by atoms with Gasteiger partial charge in [0.25, 0.3) is 0 Å². The fourth-order valence-electron chi connectivity index (χ4n) is 4.59. The van der Waals surface area contributed by atoms with E-state index in [-0.39, 0.29) is 11.3 Å². The smallest absolute Gasteiger partial charge is 0.136 e. The monoisotopic (exact) mass is 402 g/mol. The maximum absolute atomic E-state index is 13.0. The summed E-state index contributed by atoms with van der Waals surface area (Å²) in [5.74, 6) is 1.37. The third-order valence-corrected chi connectivity index (χ3v) is 6.28. The van der Waals surface area contributed by atoms with Crippen molar-refractivity contribution < 1.29 is 9.90 Å². The number of carbonyl (C=O) groups excluding carboxylic acids is 1. The van der Waals surface area contributed by atoms with Gasteiger partial charge in [0.15, 0.2) is 0 Å². The van der Waals surface area contributed by atoms with Crippen LogP contribution in [0.2, 0.25) is 0 Å². The first-order valence-electron chi connectivity index (χ1n) is 11.9. The highest BCUT2D eigenvalue weighted by molar-refractivity contribution is 5.81. The number of phenols is 1. The number of hydrogen-bond donors (Lipinski definition) is 1. The van der Waals surface area contributed by atoms with E-state index >= 15 is 0 Å². The van der Waals surface area contributed by atoms with Gasteiger partial charge in [-0.3, -0.25) is 4.79 Å². The van der Waals surface area contributed by atoms with Gasteiger partial charge in [0.1, 0.15) is 11.5 Å². The Morgan fingerprint density at radius 3 is 2.14 bits per heavy atom. The van der Waals surface area contributed by atoms with Crippen LogP contribution in [0.15, 0.2) is 12.1 Å². The molecule has 0 aromatic heterocycles. The Labute approximate surface area is 180 Å². The van der Waals surface area contributed by atoms with Crippen molar-refractivity contribution in [3.05, 3.63) is 28.8 Å². The van der Waals surface area contributed by atoms with Crippen LogP contribution in [0.25, 0.3) is 0 Å². The van der Waals surface area contributed by atoms with E-state index in [0.717, 1.165) is 24.0 Å². The Morgan fingerprint density at radius 2 is 1.59 bits per heavy atom. The predicted molar refractivity (Wildman–Crippen MR) is 126 cm³/mol. The minimum absolute atomic E-state index is 0.105. The molecule has 0 aliphatic rings. The molecule has 0 saturated carbocycles. The van der Waals surface area contributed by atoms with Crippen molar-refractivity contribution in [1.82, 2.24) is 0 Å². The minimum atomic E-state index is -0.105. The number of aryl methyl sites for hydroxylation is 1. The molecule has 1 rings (SSSR count). The highest BCUT2D eigenvalue weighted by atomic mass is 16.3. The number of benzene rings is 1. The number of rotatable bonds is 13. The molecule has 0 saturated heterocycles. The SMILES string of the molecule is CCCCCCCCCC(C(=O)CCc1ccc(O)c(C(C)(C)C)c1C)C(C)C. The van der Waals surface area contributed by atoms with Crippen LogP contribution >= 0.6 is 0 Å². The van der Waals surface area contributed by atoms with E-state index < -0.39 is 0 Å². The van der Waals surface area contributed by atoms with Gasteiger partial charge in [-0.15, -0.1) is 0 Å². The van der Waals surface area contributed by atoms with Crippen LogP contribution in [-0.4, -0.2) is 10.9 Å². The molecule has 1 aromatic rings. The molecule has 166 valence electrons. The summed E-state index contributed by atoms with van der Waals surface area (Å²) >= 11 is 0. The van der Waals surface area contributed by atoms with Gasteiger partial charge >= 0.3 is 0 Å². The summed E-state index contributed by atoms with van der Waals surface area (Å²) in [4.78, 5) is 13.0. The molecule has 0 heterocycles. The van der Waals surface area contributed by atoms with Crippen LogP contribution in [0, 0.1) is 18.8 Å². The summed E-state index contributed by atoms with van der Waals surface area (Å²) in [5, 5.41) is 10.3. The lowest BCUT2D eigenvalue weighted by Gasteiger charge is -2.25. The van der Waals surface area contributed by atoms with Crippen molar-refractivity contribution in [3.8, 4) is 5.75 Å². The number of aromatic hydroxyl groups is 1. The molecule has 1 N–H and O–H groups in total. The van der Waals surface area contributed by atoms with E-state index in [1.807, 2.05) is 6.07 Å². The highest BCUT2D eigenvalue weighted by Crippen LogP contribution is 2.35. The van der Waals surface area contributed by atoms with Crippen LogP contribution in [0.4, 0.5) is 0 Å². The van der Waals surface area contributed by atoms with Crippen LogP contribution < -0.4 is 0 Å². The molecule has 0 aliphatic carbocycles. The van der Waals surface area contributed by atoms with Crippen LogP contribution in [0.3, 0.4) is 0 Å². The fourth-order valence-corrected chi connectivity index (χ4v) is 4.59. The second kappa shape index (κ2) is 12.4. The predicted octanol–water partition coefficient (Wildman–Crippen LogP) is 7.91. The Bertz CT molecular complexity index is 622. The fraction of sp³-hybridized carbons (Fsp3) is 0.741. The summed E-state index contributed by atoms with van der Waals surface area (Å²) in [5.41, 5.74) is 3.23. The van der Waals surface area contributed by atoms with Gasteiger partial charge < -0.3 is 5.11 Å². The summed E-state index contributed by atoms with van der Waals surface area (Å²) in [6.07, 6.45) is 11.5. The summed E-state index contributed by atoms with van der Waals surface area (Å²) in [7, 11) is 0. The normalized spacial score (nSPS) is 13.1. The molecule has 0 amide bonds. The molecule has 2 heteroatoms. The Hall–Kier alpha value is -1.31. The molecule has 0 fully saturated rings. The molecule has 1 unspecified atom stereocenters. The summed E-state index contributed by atoms with van der Waals surface area (Å²) < 4.78 is 0. The lowest BCUT2D eigenvalue weighted by Crippen LogP contribution is -2.21. The van der Waals surface area contributed by atoms with Crippen molar-refractivity contribution >= 4 is 5.78 Å². The number of Topliss-reactive ketones (excluding diaryl/α,β-unsaturated/α-hetero) is 1. The molecule has 1 aromatic carbocycles. The van der Waals surface area contributed by atoms with Crippen molar-refractivity contribution in [2.45, 2.75) is 118 Å². The van der Waals surface area contributed by atoms with Gasteiger partial charge in [0, 0.05) is 17.9 Å². The maximum Gasteiger partial charge on any atom is 0.136 e. The van der Waals surface area contributed by atoms with Crippen LogP contribution in [0.1, 0.15) is 116 Å². The first-order valence-corrected chi connectivity index (χ1v) is 11.9. The van der Waals surface area contributed by atoms with Crippen molar-refractivity contribution in [2.75, 3.05) is 0 Å². The molecular weight excluding hydrogens is 356 g/mol. The minimum Gasteiger partial charge on any atom is -0.508 e. The largest absolute Gasteiger partial charge is 0.508 e. The average Bonchev–Trinajstić information content (AvgIpc) is 2.61. The Morgan fingerprint density at radius 1 is 1.00 bits per heavy atom.